The summed E-state index contributed by atoms with van der Waals surface area (Å²) in [6.45, 7) is 12.0. The molecule has 1 amide bonds. The molecule has 1 aromatic carbocycles. The maximum atomic E-state index is 12.2. The summed E-state index contributed by atoms with van der Waals surface area (Å²) in [5, 5.41) is 0. The first-order chi connectivity index (χ1) is 11.9. The third-order valence-electron chi connectivity index (χ3n) is 3.28. The number of nitrogens with zero attached hydrogens (tertiary/aromatic N) is 1. The highest BCUT2D eigenvalue weighted by molar-refractivity contribution is 5.92. The van der Waals surface area contributed by atoms with Crippen LogP contribution in [-0.4, -0.2) is 50.2 Å². The number of likely N-dealkylation sites (N-methyl/N-ethyl adjacent to an activating group) is 1. The highest BCUT2D eigenvalue weighted by Crippen LogP contribution is 2.28. The zero-order valence-corrected chi connectivity index (χ0v) is 15.0. The smallest absolute Gasteiger partial charge is 0.338 e. The molecule has 1 rings (SSSR count). The lowest BCUT2D eigenvalue weighted by Gasteiger charge is -2.20. The molecule has 0 aliphatic carbocycles. The van der Waals surface area contributed by atoms with Gasteiger partial charge in [0.15, 0.2) is 18.1 Å². The monoisotopic (exact) mass is 347 g/mol. The molecule has 0 unspecified atom stereocenters. The van der Waals surface area contributed by atoms with Crippen molar-refractivity contribution in [2.75, 3.05) is 33.4 Å². The van der Waals surface area contributed by atoms with Gasteiger partial charge in [0.05, 0.1) is 12.7 Å². The van der Waals surface area contributed by atoms with Gasteiger partial charge in [0.25, 0.3) is 5.91 Å². The van der Waals surface area contributed by atoms with E-state index in [1.165, 1.54) is 13.2 Å². The quantitative estimate of drug-likeness (QED) is 0.481. The van der Waals surface area contributed by atoms with Crippen LogP contribution in [0.5, 0.6) is 11.5 Å². The van der Waals surface area contributed by atoms with Crippen LogP contribution >= 0.6 is 0 Å². The number of amides is 1. The average Bonchev–Trinajstić information content (AvgIpc) is 2.61. The molecule has 0 N–H and O–H groups in total. The summed E-state index contributed by atoms with van der Waals surface area (Å²) in [7, 11) is 1.48. The van der Waals surface area contributed by atoms with E-state index in [0.29, 0.717) is 31.2 Å². The fraction of sp³-hybridized carbons (Fsp3) is 0.368. The van der Waals surface area contributed by atoms with E-state index >= 15 is 0 Å². The molecule has 0 aliphatic rings. The molecular formula is C19H25NO5. The van der Waals surface area contributed by atoms with Gasteiger partial charge >= 0.3 is 5.97 Å². The van der Waals surface area contributed by atoms with Crippen LogP contribution in [-0.2, 0) is 9.53 Å². The van der Waals surface area contributed by atoms with Crippen molar-refractivity contribution in [2.45, 2.75) is 13.8 Å². The van der Waals surface area contributed by atoms with Crippen molar-refractivity contribution in [2.24, 2.45) is 0 Å². The molecule has 0 saturated carbocycles. The molecule has 0 fully saturated rings. The third kappa shape index (κ3) is 6.33. The predicted octanol–water partition coefficient (Wildman–Crippen LogP) is 2.84. The van der Waals surface area contributed by atoms with E-state index in [2.05, 4.69) is 13.2 Å². The maximum Gasteiger partial charge on any atom is 0.338 e. The number of benzene rings is 1. The molecule has 0 atom stereocenters. The van der Waals surface area contributed by atoms with E-state index in [1.807, 2.05) is 13.8 Å². The van der Waals surface area contributed by atoms with Crippen LogP contribution in [0.4, 0.5) is 0 Å². The Bertz CT molecular complexity index is 639. The minimum absolute atomic E-state index is 0.267. The zero-order valence-electron chi connectivity index (χ0n) is 15.0. The lowest BCUT2D eigenvalue weighted by atomic mass is 10.2. The van der Waals surface area contributed by atoms with Gasteiger partial charge in [-0.1, -0.05) is 24.8 Å². The Morgan fingerprint density at radius 2 is 2.00 bits per heavy atom. The van der Waals surface area contributed by atoms with Gasteiger partial charge in [0.1, 0.15) is 6.61 Å². The van der Waals surface area contributed by atoms with Crippen molar-refractivity contribution < 1.29 is 23.8 Å². The Morgan fingerprint density at radius 1 is 1.28 bits per heavy atom. The molecule has 6 heteroatoms. The highest BCUT2D eigenvalue weighted by atomic mass is 16.5. The van der Waals surface area contributed by atoms with Crippen LogP contribution in [0.2, 0.25) is 0 Å². The Balaban J connectivity index is 2.72. The topological polar surface area (TPSA) is 65.1 Å². The second kappa shape index (κ2) is 10.2. The van der Waals surface area contributed by atoms with Crippen molar-refractivity contribution in [3.8, 4) is 11.5 Å². The Hall–Kier alpha value is -2.76. The molecule has 6 nitrogen and oxygen atoms in total. The number of hydrogen-bond donors (Lipinski definition) is 0. The molecule has 25 heavy (non-hydrogen) atoms. The summed E-state index contributed by atoms with van der Waals surface area (Å²) in [5.74, 6) is 0.0267. The largest absolute Gasteiger partial charge is 0.493 e. The highest BCUT2D eigenvalue weighted by Gasteiger charge is 2.17. The minimum Gasteiger partial charge on any atom is -0.493 e. The number of rotatable bonds is 10. The normalized spacial score (nSPS) is 9.88. The van der Waals surface area contributed by atoms with Crippen molar-refractivity contribution in [3.63, 3.8) is 0 Å². The minimum atomic E-state index is -0.603. The molecule has 0 bridgehead atoms. The lowest BCUT2D eigenvalue weighted by molar-refractivity contribution is -0.133. The summed E-state index contributed by atoms with van der Waals surface area (Å²) < 4.78 is 15.7. The standard InChI is InChI=1S/C19H25NO5/c1-6-10-24-16-9-8-15(11-17(16)23-5)19(22)25-13-18(21)20(7-2)12-14(3)4/h6,8-9,11H,1,3,7,10,12-13H2,2,4-5H3. The zero-order chi connectivity index (χ0) is 18.8. The summed E-state index contributed by atoms with van der Waals surface area (Å²) in [4.78, 5) is 25.8. The Kier molecular flexibility index (Phi) is 8.26. The van der Waals surface area contributed by atoms with Crippen LogP contribution in [0.15, 0.2) is 43.0 Å². The first-order valence-electron chi connectivity index (χ1n) is 7.93. The van der Waals surface area contributed by atoms with Crippen LogP contribution in [0, 0.1) is 0 Å². The van der Waals surface area contributed by atoms with Gasteiger partial charge in [-0.15, -0.1) is 0 Å². The molecule has 0 radical (unpaired) electrons. The van der Waals surface area contributed by atoms with Crippen molar-refractivity contribution in [1.29, 1.82) is 0 Å². The van der Waals surface area contributed by atoms with Crippen molar-refractivity contribution in [3.05, 3.63) is 48.6 Å². The van der Waals surface area contributed by atoms with E-state index < -0.39 is 5.97 Å². The van der Waals surface area contributed by atoms with E-state index in [1.54, 1.807) is 23.1 Å². The SMILES string of the molecule is C=CCOc1ccc(C(=O)OCC(=O)N(CC)CC(=C)C)cc1OC. The van der Waals surface area contributed by atoms with Crippen molar-refractivity contribution >= 4 is 11.9 Å². The van der Waals surface area contributed by atoms with Crippen LogP contribution in [0.25, 0.3) is 0 Å². The van der Waals surface area contributed by atoms with Gasteiger partial charge in [0, 0.05) is 13.1 Å². The van der Waals surface area contributed by atoms with E-state index in [9.17, 15) is 9.59 Å². The fourth-order valence-electron chi connectivity index (χ4n) is 2.07. The van der Waals surface area contributed by atoms with Gasteiger partial charge in [-0.25, -0.2) is 4.79 Å². The maximum absolute atomic E-state index is 12.2. The van der Waals surface area contributed by atoms with Crippen LogP contribution in [0.3, 0.4) is 0 Å². The molecule has 0 aliphatic heterocycles. The molecule has 0 aromatic heterocycles. The van der Waals surface area contributed by atoms with Crippen molar-refractivity contribution in [1.82, 2.24) is 4.90 Å². The Morgan fingerprint density at radius 3 is 2.56 bits per heavy atom. The first kappa shape index (κ1) is 20.3. The number of ether oxygens (including phenoxy) is 3. The molecule has 0 saturated heterocycles. The summed E-state index contributed by atoms with van der Waals surface area (Å²) in [5.41, 5.74) is 1.14. The van der Waals surface area contributed by atoms with Gasteiger partial charge in [-0.05, 0) is 32.0 Å². The number of hydrogen-bond acceptors (Lipinski definition) is 5. The van der Waals surface area contributed by atoms with Gasteiger partial charge in [0.2, 0.25) is 0 Å². The Labute approximate surface area is 148 Å². The molecule has 1 aromatic rings. The van der Waals surface area contributed by atoms with Crippen LogP contribution in [0.1, 0.15) is 24.2 Å². The lowest BCUT2D eigenvalue weighted by Crippen LogP contribution is -2.35. The summed E-state index contributed by atoms with van der Waals surface area (Å²) in [6, 6.07) is 4.68. The second-order valence-electron chi connectivity index (χ2n) is 5.41. The molecule has 0 spiro atoms. The average molecular weight is 347 g/mol. The predicted molar refractivity (Wildman–Crippen MR) is 96.0 cm³/mol. The third-order valence-corrected chi connectivity index (χ3v) is 3.28. The van der Waals surface area contributed by atoms with E-state index in [-0.39, 0.29) is 18.1 Å². The van der Waals surface area contributed by atoms with Gasteiger partial charge in [-0.2, -0.15) is 0 Å². The number of methoxy groups -OCH3 is 1. The molecule has 0 heterocycles. The summed E-state index contributed by atoms with van der Waals surface area (Å²) >= 11 is 0. The molecule has 136 valence electrons. The van der Waals surface area contributed by atoms with E-state index in [4.69, 9.17) is 14.2 Å². The first-order valence-corrected chi connectivity index (χ1v) is 7.93. The number of esters is 1. The van der Waals surface area contributed by atoms with Gasteiger partial charge in [-0.3, -0.25) is 4.79 Å². The summed E-state index contributed by atoms with van der Waals surface area (Å²) in [6.07, 6.45) is 1.61. The van der Waals surface area contributed by atoms with E-state index in [0.717, 1.165) is 5.57 Å². The number of carbonyl (C=O) groups is 2. The van der Waals surface area contributed by atoms with Gasteiger partial charge < -0.3 is 19.1 Å². The molecular weight excluding hydrogens is 322 g/mol. The number of carbonyl (C=O) groups excluding carboxylic acids is 2. The fourth-order valence-corrected chi connectivity index (χ4v) is 2.07. The second-order valence-corrected chi connectivity index (χ2v) is 5.41. The van der Waals surface area contributed by atoms with Crippen LogP contribution < -0.4 is 9.47 Å².